The molecule has 1 N–H and O–H groups in total. The summed E-state index contributed by atoms with van der Waals surface area (Å²) in [4.78, 5) is 18.2. The molecular weight excluding hydrogens is 226 g/mol. The lowest BCUT2D eigenvalue weighted by molar-refractivity contribution is 0.0105. The van der Waals surface area contributed by atoms with Crippen LogP contribution in [-0.2, 0) is 4.74 Å². The summed E-state index contributed by atoms with van der Waals surface area (Å²) in [6.07, 6.45) is 1.69. The van der Waals surface area contributed by atoms with Crippen molar-refractivity contribution < 1.29 is 9.53 Å². The van der Waals surface area contributed by atoms with Gasteiger partial charge < -0.3 is 15.0 Å². The third-order valence-electron chi connectivity index (χ3n) is 2.47. The Morgan fingerprint density at radius 2 is 2.69 bits per heavy atom. The van der Waals surface area contributed by atoms with Crippen LogP contribution in [0, 0.1) is 0 Å². The van der Waals surface area contributed by atoms with Gasteiger partial charge in [-0.1, -0.05) is 0 Å². The van der Waals surface area contributed by atoms with Gasteiger partial charge in [0.05, 0.1) is 24.4 Å². The number of thiazole rings is 1. The molecule has 2 rings (SSSR count). The second-order valence-electron chi connectivity index (χ2n) is 3.75. The van der Waals surface area contributed by atoms with Crippen LogP contribution in [0.15, 0.2) is 11.7 Å². The number of nitrogens with zero attached hydrogens (tertiary/aromatic N) is 2. The van der Waals surface area contributed by atoms with Crippen molar-refractivity contribution in [3.8, 4) is 0 Å². The minimum Gasteiger partial charge on any atom is -0.374 e. The molecule has 16 heavy (non-hydrogen) atoms. The average molecular weight is 241 g/mol. The van der Waals surface area contributed by atoms with Gasteiger partial charge in [-0.3, -0.25) is 9.78 Å². The number of aromatic nitrogens is 1. The largest absolute Gasteiger partial charge is 0.374 e. The average Bonchev–Trinajstić information content (AvgIpc) is 2.83. The Morgan fingerprint density at radius 3 is 3.31 bits per heavy atom. The number of amides is 1. The zero-order chi connectivity index (χ0) is 11.4. The number of hydrogen-bond acceptors (Lipinski definition) is 5. The van der Waals surface area contributed by atoms with Crippen molar-refractivity contribution in [2.24, 2.45) is 0 Å². The molecule has 0 radical (unpaired) electrons. The third kappa shape index (κ3) is 2.78. The fourth-order valence-corrected chi connectivity index (χ4v) is 2.25. The minimum absolute atomic E-state index is 0.0108. The van der Waals surface area contributed by atoms with Gasteiger partial charge in [0, 0.05) is 26.7 Å². The molecule has 0 aromatic carbocycles. The Labute approximate surface area is 98.4 Å². The molecule has 1 aromatic rings. The number of morpholine rings is 1. The molecule has 1 atom stereocenters. The summed E-state index contributed by atoms with van der Waals surface area (Å²) in [6.45, 7) is 3.03. The van der Waals surface area contributed by atoms with Gasteiger partial charge in [0.1, 0.15) is 4.88 Å². The summed E-state index contributed by atoms with van der Waals surface area (Å²) in [6, 6.07) is 0. The maximum Gasteiger partial charge on any atom is 0.265 e. The van der Waals surface area contributed by atoms with Crippen molar-refractivity contribution in [2.45, 2.75) is 6.10 Å². The van der Waals surface area contributed by atoms with E-state index >= 15 is 0 Å². The van der Waals surface area contributed by atoms with Gasteiger partial charge in [0.15, 0.2) is 0 Å². The molecule has 1 aliphatic rings. The van der Waals surface area contributed by atoms with Crippen LogP contribution in [0.3, 0.4) is 0 Å². The van der Waals surface area contributed by atoms with E-state index in [1.165, 1.54) is 11.3 Å². The molecule has 2 heterocycles. The van der Waals surface area contributed by atoms with E-state index in [4.69, 9.17) is 4.74 Å². The second-order valence-corrected chi connectivity index (χ2v) is 4.63. The fourth-order valence-electron chi connectivity index (χ4n) is 1.63. The molecule has 1 unspecified atom stereocenters. The van der Waals surface area contributed by atoms with Crippen LogP contribution in [0.1, 0.15) is 9.67 Å². The SMILES string of the molecule is CN(CC1CNCCO1)C(=O)c1cncs1. The van der Waals surface area contributed by atoms with Crippen LogP contribution in [-0.4, -0.2) is 55.2 Å². The highest BCUT2D eigenvalue weighted by molar-refractivity contribution is 7.11. The molecule has 0 aliphatic carbocycles. The summed E-state index contributed by atoms with van der Waals surface area (Å²) < 4.78 is 5.55. The Hall–Kier alpha value is -0.980. The maximum atomic E-state index is 11.9. The number of ether oxygens (including phenoxy) is 1. The van der Waals surface area contributed by atoms with Gasteiger partial charge in [0.2, 0.25) is 0 Å². The van der Waals surface area contributed by atoms with Crippen molar-refractivity contribution in [3.63, 3.8) is 0 Å². The van der Waals surface area contributed by atoms with E-state index in [9.17, 15) is 4.79 Å². The lowest BCUT2D eigenvalue weighted by atomic mass is 10.3. The van der Waals surface area contributed by atoms with Crippen molar-refractivity contribution in [1.82, 2.24) is 15.2 Å². The quantitative estimate of drug-likeness (QED) is 0.821. The number of nitrogens with one attached hydrogen (secondary N) is 1. The zero-order valence-corrected chi connectivity index (χ0v) is 10.00. The van der Waals surface area contributed by atoms with Crippen molar-refractivity contribution in [2.75, 3.05) is 33.3 Å². The Bertz CT molecular complexity index is 336. The molecule has 1 saturated heterocycles. The lowest BCUT2D eigenvalue weighted by Crippen LogP contribution is -2.45. The molecule has 1 amide bonds. The number of carbonyl (C=O) groups excluding carboxylic acids is 1. The topological polar surface area (TPSA) is 54.5 Å². The standard InChI is InChI=1S/C10H15N3O2S/c1-13(6-8-4-11-2-3-15-8)10(14)9-5-12-7-16-9/h5,7-8,11H,2-4,6H2,1H3. The van der Waals surface area contributed by atoms with Crippen LogP contribution in [0.5, 0.6) is 0 Å². The Balaban J connectivity index is 1.87. The Kier molecular flexibility index (Phi) is 3.87. The first-order chi connectivity index (χ1) is 7.77. The van der Waals surface area contributed by atoms with E-state index in [0.717, 1.165) is 13.1 Å². The minimum atomic E-state index is 0.0108. The molecule has 0 spiro atoms. The van der Waals surface area contributed by atoms with Crippen LogP contribution in [0.4, 0.5) is 0 Å². The lowest BCUT2D eigenvalue weighted by Gasteiger charge is -2.27. The summed E-state index contributed by atoms with van der Waals surface area (Å²) in [5.74, 6) is 0.0108. The summed E-state index contributed by atoms with van der Waals surface area (Å²) >= 11 is 1.36. The summed E-state index contributed by atoms with van der Waals surface area (Å²) in [7, 11) is 1.79. The van der Waals surface area contributed by atoms with Gasteiger partial charge >= 0.3 is 0 Å². The molecule has 0 bridgehead atoms. The van der Waals surface area contributed by atoms with Crippen LogP contribution in [0.2, 0.25) is 0 Å². The molecule has 1 fully saturated rings. The number of rotatable bonds is 3. The highest BCUT2D eigenvalue weighted by atomic mass is 32.1. The maximum absolute atomic E-state index is 11.9. The zero-order valence-electron chi connectivity index (χ0n) is 9.18. The highest BCUT2D eigenvalue weighted by Gasteiger charge is 2.20. The van der Waals surface area contributed by atoms with Gasteiger partial charge in [-0.25, -0.2) is 0 Å². The van der Waals surface area contributed by atoms with Gasteiger partial charge in [0.25, 0.3) is 5.91 Å². The fraction of sp³-hybridized carbons (Fsp3) is 0.600. The van der Waals surface area contributed by atoms with Gasteiger partial charge in [-0.05, 0) is 0 Å². The molecule has 6 heteroatoms. The third-order valence-corrected chi connectivity index (χ3v) is 3.23. The summed E-state index contributed by atoms with van der Waals surface area (Å²) in [5.41, 5.74) is 1.67. The molecular formula is C10H15N3O2S. The predicted molar refractivity (Wildman–Crippen MR) is 61.7 cm³/mol. The first-order valence-electron chi connectivity index (χ1n) is 5.23. The van der Waals surface area contributed by atoms with Crippen LogP contribution in [0.25, 0.3) is 0 Å². The highest BCUT2D eigenvalue weighted by Crippen LogP contribution is 2.09. The number of hydrogen-bond donors (Lipinski definition) is 1. The van der Waals surface area contributed by atoms with Crippen molar-refractivity contribution >= 4 is 17.2 Å². The molecule has 5 nitrogen and oxygen atoms in total. The second kappa shape index (κ2) is 5.38. The predicted octanol–water partition coefficient (Wildman–Crippen LogP) is 0.204. The Morgan fingerprint density at radius 1 is 1.81 bits per heavy atom. The van der Waals surface area contributed by atoms with Crippen molar-refractivity contribution in [3.05, 3.63) is 16.6 Å². The number of carbonyl (C=O) groups is 1. The van der Waals surface area contributed by atoms with E-state index in [1.54, 1.807) is 23.7 Å². The van der Waals surface area contributed by atoms with E-state index in [1.807, 2.05) is 0 Å². The van der Waals surface area contributed by atoms with E-state index in [-0.39, 0.29) is 12.0 Å². The smallest absolute Gasteiger partial charge is 0.265 e. The normalized spacial score (nSPS) is 20.7. The van der Waals surface area contributed by atoms with Crippen LogP contribution < -0.4 is 5.32 Å². The molecule has 0 saturated carbocycles. The number of likely N-dealkylation sites (N-methyl/N-ethyl adjacent to an activating group) is 1. The van der Waals surface area contributed by atoms with Gasteiger partial charge in [-0.2, -0.15) is 0 Å². The first kappa shape index (κ1) is 11.5. The van der Waals surface area contributed by atoms with E-state index in [2.05, 4.69) is 10.3 Å². The molecule has 1 aliphatic heterocycles. The monoisotopic (exact) mass is 241 g/mol. The van der Waals surface area contributed by atoms with Crippen LogP contribution >= 0.6 is 11.3 Å². The first-order valence-corrected chi connectivity index (χ1v) is 6.11. The van der Waals surface area contributed by atoms with E-state index in [0.29, 0.717) is 18.0 Å². The molecule has 88 valence electrons. The van der Waals surface area contributed by atoms with E-state index < -0.39 is 0 Å². The summed E-state index contributed by atoms with van der Waals surface area (Å²) in [5, 5.41) is 3.24. The van der Waals surface area contributed by atoms with Gasteiger partial charge in [-0.15, -0.1) is 11.3 Å². The molecule has 1 aromatic heterocycles. The van der Waals surface area contributed by atoms with Crippen molar-refractivity contribution in [1.29, 1.82) is 0 Å².